The second-order valence-corrected chi connectivity index (χ2v) is 22.0. The van der Waals surface area contributed by atoms with Crippen molar-refractivity contribution in [2.75, 3.05) is 57.8 Å². The molecule has 1 saturated carbocycles. The molecule has 2 atom stereocenters. The lowest BCUT2D eigenvalue weighted by molar-refractivity contribution is -0.174. The number of ether oxygens (including phenoxy) is 2. The Morgan fingerprint density at radius 3 is 2.37 bits per heavy atom. The minimum Gasteiger partial charge on any atom is -0.489 e. The number of fused-ring (bicyclic) bond motifs is 1. The molecule has 0 radical (unpaired) electrons. The Bertz CT molecular complexity index is 2430. The van der Waals surface area contributed by atoms with Gasteiger partial charge in [-0.1, -0.05) is 51.4 Å². The predicted octanol–water partition coefficient (Wildman–Crippen LogP) is 6.79. The zero-order valence-corrected chi connectivity index (χ0v) is 40.6. The number of carbonyl (C=O) groups is 2. The number of likely N-dealkylation sites (N-methyl/N-ethyl adjacent to an activating group) is 1. The summed E-state index contributed by atoms with van der Waals surface area (Å²) in [5.74, 6) is 1.71. The molecule has 3 aromatic carbocycles. The van der Waals surface area contributed by atoms with Gasteiger partial charge in [0.25, 0.3) is 0 Å². The molecule has 4 saturated heterocycles. The Morgan fingerprint density at radius 1 is 0.985 bits per heavy atom. The zero-order valence-electron chi connectivity index (χ0n) is 39.8. The third kappa shape index (κ3) is 9.16. The van der Waals surface area contributed by atoms with Gasteiger partial charge in [0, 0.05) is 86.9 Å². The van der Waals surface area contributed by atoms with Crippen molar-refractivity contribution in [2.24, 2.45) is 34.5 Å². The van der Waals surface area contributed by atoms with Crippen molar-refractivity contribution < 1.29 is 28.6 Å². The molecule has 0 aromatic heterocycles. The van der Waals surface area contributed by atoms with Crippen LogP contribution in [0.4, 0.5) is 10.1 Å². The molecule has 5 fully saturated rings. The molecule has 5 N–H and O–H groups in total. The van der Waals surface area contributed by atoms with E-state index in [2.05, 4.69) is 64.8 Å². The standard InChI is InChI=1S/C52H66ClFN8O5/c1-50(2)47(51(3,4)48(50)66-35-13-11-32(24-55)39(53)23-35)59-45(63)33-25-57-49(58-26-33)61-19-16-30(17-20-61)21-31-27-62(28-31)40-9-8-10-42(43(40)54)67-41-14-12-34(52(5,6)65)22-37(41)38-29-60(7)46(64)44-36(38)15-18-56-44/h8-14,22-23,29-31,33,36,44,47-49,56-58,65H,15-21,25-28H2,1-7H3,(H,59,63). The van der Waals surface area contributed by atoms with Crippen LogP contribution >= 0.6 is 11.6 Å². The number of halogens is 2. The van der Waals surface area contributed by atoms with Gasteiger partial charge in [0.1, 0.15) is 30.0 Å². The van der Waals surface area contributed by atoms with Gasteiger partial charge in [0.05, 0.1) is 33.8 Å². The first kappa shape index (κ1) is 47.3. The van der Waals surface area contributed by atoms with Gasteiger partial charge in [-0.05, 0) is 105 Å². The number of likely N-dealkylation sites (tertiary alicyclic amines) is 1. The van der Waals surface area contributed by atoms with Gasteiger partial charge < -0.3 is 35.0 Å². The number of piperidine rings is 1. The SMILES string of the molecule is CN1C=C(c2cc(C(C)(C)O)ccc2Oc2cccc(N3CC(CC4CCN(C5NCC(C(=O)NC6C(C)(C)C(Oc7ccc(C#N)c(Cl)c7)C6(C)C)CN5)CC4)C3)c2F)C2CCNC2C1=O. The second-order valence-electron chi connectivity index (χ2n) is 21.6. The summed E-state index contributed by atoms with van der Waals surface area (Å²) < 4.78 is 29.2. The third-order valence-corrected chi connectivity index (χ3v) is 15.9. The smallest absolute Gasteiger partial charge is 0.244 e. The van der Waals surface area contributed by atoms with Crippen LogP contribution in [0.1, 0.15) is 83.9 Å². The first-order valence-electron chi connectivity index (χ1n) is 24.0. The second kappa shape index (κ2) is 18.3. The highest BCUT2D eigenvalue weighted by molar-refractivity contribution is 6.31. The van der Waals surface area contributed by atoms with Crippen LogP contribution in [0.3, 0.4) is 0 Å². The van der Waals surface area contributed by atoms with E-state index in [9.17, 15) is 20.0 Å². The monoisotopic (exact) mass is 936 g/mol. The van der Waals surface area contributed by atoms with Crippen molar-refractivity contribution in [1.29, 1.82) is 5.26 Å². The van der Waals surface area contributed by atoms with Crippen molar-refractivity contribution in [3.63, 3.8) is 0 Å². The Hall–Kier alpha value is -4.75. The lowest BCUT2D eigenvalue weighted by Crippen LogP contribution is -2.75. The van der Waals surface area contributed by atoms with Crippen LogP contribution in [-0.2, 0) is 15.2 Å². The topological polar surface area (TPSA) is 154 Å². The van der Waals surface area contributed by atoms with Gasteiger partial charge in [-0.15, -0.1) is 0 Å². The quantitative estimate of drug-likeness (QED) is 0.131. The summed E-state index contributed by atoms with van der Waals surface area (Å²) in [4.78, 5) is 32.8. The van der Waals surface area contributed by atoms with Gasteiger partial charge in [0.15, 0.2) is 11.6 Å². The number of aliphatic hydroxyl groups is 1. The molecule has 5 aliphatic heterocycles. The van der Waals surface area contributed by atoms with Gasteiger partial charge in [0.2, 0.25) is 11.8 Å². The maximum atomic E-state index is 16.4. The number of amides is 2. The van der Waals surface area contributed by atoms with Gasteiger partial charge >= 0.3 is 0 Å². The molecule has 0 bridgehead atoms. The Morgan fingerprint density at radius 2 is 1.70 bits per heavy atom. The molecule has 67 heavy (non-hydrogen) atoms. The van der Waals surface area contributed by atoms with Crippen molar-refractivity contribution in [1.82, 2.24) is 31.1 Å². The van der Waals surface area contributed by atoms with Crippen LogP contribution in [0.15, 0.2) is 60.8 Å². The summed E-state index contributed by atoms with van der Waals surface area (Å²) in [6.07, 6.45) is 5.79. The number of hydrogen-bond donors (Lipinski definition) is 5. The number of nitrogens with zero attached hydrogens (tertiary/aromatic N) is 4. The van der Waals surface area contributed by atoms with Crippen LogP contribution in [0.5, 0.6) is 17.2 Å². The van der Waals surface area contributed by atoms with E-state index in [0.29, 0.717) is 58.3 Å². The van der Waals surface area contributed by atoms with E-state index < -0.39 is 11.4 Å². The molecule has 2 amide bonds. The summed E-state index contributed by atoms with van der Waals surface area (Å²) in [5.41, 5.74) is 1.55. The van der Waals surface area contributed by atoms with Crippen molar-refractivity contribution >= 4 is 34.7 Å². The number of nitrogens with one attached hydrogen (secondary N) is 4. The fourth-order valence-corrected chi connectivity index (χ4v) is 12.3. The molecule has 9 rings (SSSR count). The van der Waals surface area contributed by atoms with Crippen LogP contribution in [-0.4, -0.2) is 104 Å². The molecule has 1 aliphatic carbocycles. The Labute approximate surface area is 399 Å². The van der Waals surface area contributed by atoms with E-state index in [1.165, 1.54) is 0 Å². The van der Waals surface area contributed by atoms with E-state index >= 15 is 4.39 Å². The van der Waals surface area contributed by atoms with Crippen LogP contribution < -0.4 is 35.6 Å². The summed E-state index contributed by atoms with van der Waals surface area (Å²) in [5, 5.41) is 34.5. The number of carbonyl (C=O) groups excluding carboxylic acids is 2. The minimum absolute atomic E-state index is 0.0200. The number of benzene rings is 3. The first-order chi connectivity index (χ1) is 31.8. The van der Waals surface area contributed by atoms with Crippen LogP contribution in [0, 0.1) is 51.6 Å². The van der Waals surface area contributed by atoms with Gasteiger partial charge in [-0.2, -0.15) is 5.26 Å². The fourth-order valence-electron chi connectivity index (χ4n) is 12.1. The number of anilines is 1. The molecule has 6 aliphatic rings. The van der Waals surface area contributed by atoms with Crippen LogP contribution in [0.2, 0.25) is 5.02 Å². The molecule has 5 heterocycles. The Balaban J connectivity index is 0.740. The predicted molar refractivity (Wildman–Crippen MR) is 257 cm³/mol. The third-order valence-electron chi connectivity index (χ3n) is 15.6. The molecular weight excluding hydrogens is 871 g/mol. The molecule has 3 aromatic rings. The van der Waals surface area contributed by atoms with Crippen LogP contribution in [0.25, 0.3) is 5.57 Å². The van der Waals surface area contributed by atoms with E-state index in [0.717, 1.165) is 69.5 Å². The van der Waals surface area contributed by atoms with E-state index in [-0.39, 0.29) is 64.7 Å². The first-order valence-corrected chi connectivity index (χ1v) is 24.4. The highest BCUT2D eigenvalue weighted by atomic mass is 35.5. The highest BCUT2D eigenvalue weighted by Gasteiger charge is 2.64. The summed E-state index contributed by atoms with van der Waals surface area (Å²) in [6, 6.07) is 17.6. The summed E-state index contributed by atoms with van der Waals surface area (Å²) in [6.45, 7) is 17.4. The van der Waals surface area contributed by atoms with Crippen molar-refractivity contribution in [2.45, 2.75) is 97.3 Å². The van der Waals surface area contributed by atoms with E-state index in [1.807, 2.05) is 30.5 Å². The summed E-state index contributed by atoms with van der Waals surface area (Å²) >= 11 is 6.28. The highest BCUT2D eigenvalue weighted by Crippen LogP contribution is 2.56. The molecule has 358 valence electrons. The number of hydrogen-bond acceptors (Lipinski definition) is 11. The average molecular weight is 938 g/mol. The molecule has 0 spiro atoms. The maximum Gasteiger partial charge on any atom is 0.244 e. The summed E-state index contributed by atoms with van der Waals surface area (Å²) in [7, 11) is 1.75. The molecular formula is C52H66ClFN8O5. The van der Waals surface area contributed by atoms with Gasteiger partial charge in [-0.25, -0.2) is 4.39 Å². The number of nitriles is 1. The normalized spacial score (nSPS) is 27.6. The van der Waals surface area contributed by atoms with E-state index in [4.69, 9.17) is 21.1 Å². The van der Waals surface area contributed by atoms with Gasteiger partial charge in [-0.3, -0.25) is 25.1 Å². The minimum atomic E-state index is -1.11. The molecule has 13 nitrogen and oxygen atoms in total. The Kier molecular flexibility index (Phi) is 12.9. The number of rotatable bonds is 12. The maximum absolute atomic E-state index is 16.4. The molecule has 2 unspecified atom stereocenters. The molecule has 15 heteroatoms. The van der Waals surface area contributed by atoms with Crippen molar-refractivity contribution in [3.8, 4) is 23.3 Å². The largest absolute Gasteiger partial charge is 0.489 e. The lowest BCUT2D eigenvalue weighted by Gasteiger charge is -2.63. The average Bonchev–Trinajstić information content (AvgIpc) is 3.79. The fraction of sp³-hybridized carbons (Fsp3) is 0.558. The lowest BCUT2D eigenvalue weighted by atomic mass is 9.49. The van der Waals surface area contributed by atoms with E-state index in [1.54, 1.807) is 56.1 Å². The zero-order chi connectivity index (χ0) is 47.6. The van der Waals surface area contributed by atoms with Crippen molar-refractivity contribution in [3.05, 3.63) is 88.3 Å².